The van der Waals surface area contributed by atoms with E-state index >= 15 is 0 Å². The van der Waals surface area contributed by atoms with Gasteiger partial charge in [0.15, 0.2) is 0 Å². The van der Waals surface area contributed by atoms with Crippen molar-refractivity contribution in [2.45, 2.75) is 24.3 Å². The van der Waals surface area contributed by atoms with Gasteiger partial charge in [-0.05, 0) is 60.0 Å². The molecule has 1 N–H and O–H groups in total. The Balaban J connectivity index is 2.03. The lowest BCUT2D eigenvalue weighted by Gasteiger charge is -2.26. The molecule has 0 spiro atoms. The molecule has 1 aliphatic heterocycles. The number of aliphatic carboxylic acids is 1. The number of rotatable bonds is 6. The van der Waals surface area contributed by atoms with Crippen LogP contribution in [0.3, 0.4) is 0 Å². The number of aryl methyl sites for hydroxylation is 1. The summed E-state index contributed by atoms with van der Waals surface area (Å²) >= 11 is 18.4. The molecule has 1 aliphatic rings. The normalized spacial score (nSPS) is 16.4. The summed E-state index contributed by atoms with van der Waals surface area (Å²) in [5.41, 5.74) is 1.39. The molecule has 36 heavy (non-hydrogen) atoms. The van der Waals surface area contributed by atoms with Crippen LogP contribution in [0.15, 0.2) is 71.6 Å². The van der Waals surface area contributed by atoms with E-state index in [1.807, 2.05) is 0 Å². The fourth-order valence-corrected chi connectivity index (χ4v) is 8.65. The van der Waals surface area contributed by atoms with E-state index in [4.69, 9.17) is 34.8 Å². The van der Waals surface area contributed by atoms with E-state index in [2.05, 4.69) is 0 Å². The zero-order chi connectivity index (χ0) is 26.4. The van der Waals surface area contributed by atoms with Crippen molar-refractivity contribution in [1.82, 2.24) is 4.31 Å². The zero-order valence-corrected chi connectivity index (χ0v) is 22.4. The van der Waals surface area contributed by atoms with Gasteiger partial charge in [-0.2, -0.15) is 8.42 Å². The highest BCUT2D eigenvalue weighted by Gasteiger charge is 2.50. The SMILES string of the molecule is Cc1ccc(S(=O)(=O)S(=O)(=O)N2C(c3ccc(Cl)cc3)=C(c3ccc(Cl)cc3Cl)CC2C(=O)O)cc1. The number of hydrogen-bond donors (Lipinski definition) is 1. The molecule has 7 nitrogen and oxygen atoms in total. The molecule has 1 unspecified atom stereocenters. The van der Waals surface area contributed by atoms with Crippen molar-refractivity contribution in [3.8, 4) is 0 Å². The topological polar surface area (TPSA) is 109 Å². The van der Waals surface area contributed by atoms with E-state index in [9.17, 15) is 26.7 Å². The quantitative estimate of drug-likeness (QED) is 0.371. The summed E-state index contributed by atoms with van der Waals surface area (Å²) in [4.78, 5) is 11.8. The van der Waals surface area contributed by atoms with Gasteiger partial charge >= 0.3 is 23.9 Å². The first kappa shape index (κ1) is 26.5. The number of carboxylic acids is 1. The average Bonchev–Trinajstić information content (AvgIpc) is 3.21. The predicted molar refractivity (Wildman–Crippen MR) is 140 cm³/mol. The predicted octanol–water partition coefficient (Wildman–Crippen LogP) is 5.70. The van der Waals surface area contributed by atoms with Crippen LogP contribution in [0.2, 0.25) is 15.1 Å². The molecule has 3 aromatic rings. The molecule has 0 radical (unpaired) electrons. The number of hydrogen-bond acceptors (Lipinski definition) is 5. The molecule has 3 aromatic carbocycles. The molecule has 4 rings (SSSR count). The first-order valence-corrected chi connectivity index (χ1v) is 15.0. The molecule has 188 valence electrons. The van der Waals surface area contributed by atoms with Crippen molar-refractivity contribution in [2.75, 3.05) is 0 Å². The maximum atomic E-state index is 13.8. The Bertz CT molecular complexity index is 1600. The van der Waals surface area contributed by atoms with Crippen molar-refractivity contribution in [3.63, 3.8) is 0 Å². The molecule has 0 saturated carbocycles. The van der Waals surface area contributed by atoms with Crippen LogP contribution in [0, 0.1) is 6.92 Å². The van der Waals surface area contributed by atoms with Gasteiger partial charge in [0, 0.05) is 21.5 Å². The standard InChI is InChI=1S/C24H18Cl3NO6S2/c1-14-2-9-18(10-3-14)35(31,32)36(33,34)28-22(24(29)30)13-20(19-11-8-17(26)12-21(19)27)23(28)15-4-6-16(25)7-5-15/h2-12,22H,13H2,1H3,(H,29,30). The van der Waals surface area contributed by atoms with E-state index in [1.165, 1.54) is 54.6 Å². The summed E-state index contributed by atoms with van der Waals surface area (Å²) < 4.78 is 54.8. The van der Waals surface area contributed by atoms with Crippen LogP contribution in [0.1, 0.15) is 23.1 Å². The fraction of sp³-hybridized carbons (Fsp3) is 0.125. The highest BCUT2D eigenvalue weighted by atomic mass is 35.5. The average molecular weight is 587 g/mol. The van der Waals surface area contributed by atoms with E-state index < -0.39 is 34.8 Å². The van der Waals surface area contributed by atoms with E-state index in [-0.39, 0.29) is 28.3 Å². The summed E-state index contributed by atoms with van der Waals surface area (Å²) in [6, 6.07) is 13.9. The summed E-state index contributed by atoms with van der Waals surface area (Å²) in [5.74, 6) is -1.52. The molecular weight excluding hydrogens is 569 g/mol. The van der Waals surface area contributed by atoms with Gasteiger partial charge in [-0.3, -0.25) is 0 Å². The fourth-order valence-electron chi connectivity index (χ4n) is 3.93. The van der Waals surface area contributed by atoms with Gasteiger partial charge in [0.25, 0.3) is 0 Å². The molecule has 0 aromatic heterocycles. The third-order valence-corrected chi connectivity index (χ3v) is 11.5. The van der Waals surface area contributed by atoms with Crippen molar-refractivity contribution < 1.29 is 26.7 Å². The number of nitrogens with zero attached hydrogens (tertiary/aromatic N) is 1. The van der Waals surface area contributed by atoms with Gasteiger partial charge in [-0.15, -0.1) is 0 Å². The van der Waals surface area contributed by atoms with E-state index in [0.29, 0.717) is 19.9 Å². The highest BCUT2D eigenvalue weighted by molar-refractivity contribution is 8.66. The molecular formula is C24H18Cl3NO6S2. The molecule has 12 heteroatoms. The summed E-state index contributed by atoms with van der Waals surface area (Å²) in [6.07, 6.45) is -0.336. The maximum Gasteiger partial charge on any atom is 0.346 e. The molecule has 0 fully saturated rings. The van der Waals surface area contributed by atoms with Crippen molar-refractivity contribution in [2.24, 2.45) is 0 Å². The molecule has 0 saturated heterocycles. The van der Waals surface area contributed by atoms with E-state index in [1.54, 1.807) is 6.92 Å². The second kappa shape index (κ2) is 9.72. The van der Waals surface area contributed by atoms with Crippen molar-refractivity contribution in [3.05, 3.63) is 98.5 Å². The largest absolute Gasteiger partial charge is 0.480 e. The summed E-state index contributed by atoms with van der Waals surface area (Å²) in [7, 11) is -10.4. The van der Waals surface area contributed by atoms with Crippen LogP contribution in [-0.2, 0) is 22.7 Å². The van der Waals surface area contributed by atoms with Gasteiger partial charge in [-0.1, -0.05) is 70.7 Å². The third-order valence-electron chi connectivity index (χ3n) is 5.67. The second-order valence-corrected chi connectivity index (χ2v) is 14.5. The lowest BCUT2D eigenvalue weighted by molar-refractivity contribution is -0.140. The van der Waals surface area contributed by atoms with Gasteiger partial charge in [0.1, 0.15) is 6.04 Å². The maximum absolute atomic E-state index is 13.8. The molecule has 0 bridgehead atoms. The zero-order valence-electron chi connectivity index (χ0n) is 18.5. The Morgan fingerprint density at radius 2 is 1.47 bits per heavy atom. The minimum Gasteiger partial charge on any atom is -0.480 e. The molecule has 1 atom stereocenters. The number of carboxylic acid groups (broad SMARTS) is 1. The van der Waals surface area contributed by atoms with Gasteiger partial charge in [0.2, 0.25) is 0 Å². The Kier molecular flexibility index (Phi) is 7.15. The Hall–Kier alpha value is -2.56. The van der Waals surface area contributed by atoms with Gasteiger partial charge < -0.3 is 5.11 Å². The molecule has 1 heterocycles. The van der Waals surface area contributed by atoms with Crippen LogP contribution in [-0.4, -0.2) is 38.3 Å². The Labute approximate surface area is 222 Å². The van der Waals surface area contributed by atoms with Crippen LogP contribution in [0.4, 0.5) is 0 Å². The third kappa shape index (κ3) is 4.62. The van der Waals surface area contributed by atoms with Crippen LogP contribution >= 0.6 is 34.8 Å². The summed E-state index contributed by atoms with van der Waals surface area (Å²) in [5, 5.41) is 10.8. The molecule has 0 amide bonds. The smallest absolute Gasteiger partial charge is 0.346 e. The number of benzene rings is 3. The highest BCUT2D eigenvalue weighted by Crippen LogP contribution is 2.46. The lowest BCUT2D eigenvalue weighted by Crippen LogP contribution is -2.43. The molecule has 0 aliphatic carbocycles. The first-order valence-electron chi connectivity index (χ1n) is 10.4. The first-order chi connectivity index (χ1) is 16.8. The van der Waals surface area contributed by atoms with Crippen molar-refractivity contribution in [1.29, 1.82) is 0 Å². The van der Waals surface area contributed by atoms with Gasteiger partial charge in [0.05, 0.1) is 10.6 Å². The van der Waals surface area contributed by atoms with Crippen LogP contribution in [0.5, 0.6) is 0 Å². The number of carbonyl (C=O) groups is 1. The van der Waals surface area contributed by atoms with E-state index in [0.717, 1.165) is 17.7 Å². The number of halogens is 3. The monoisotopic (exact) mass is 585 g/mol. The summed E-state index contributed by atoms with van der Waals surface area (Å²) in [6.45, 7) is 1.72. The Morgan fingerprint density at radius 1 is 0.889 bits per heavy atom. The second-order valence-electron chi connectivity index (χ2n) is 8.04. The minimum atomic E-state index is -5.30. The van der Waals surface area contributed by atoms with Crippen LogP contribution < -0.4 is 0 Å². The van der Waals surface area contributed by atoms with Crippen molar-refractivity contribution >= 4 is 70.0 Å². The lowest BCUT2D eigenvalue weighted by atomic mass is 9.98. The Morgan fingerprint density at radius 3 is 2.03 bits per heavy atom. The minimum absolute atomic E-state index is 0.126. The van der Waals surface area contributed by atoms with Gasteiger partial charge in [-0.25, -0.2) is 17.5 Å². The van der Waals surface area contributed by atoms with Crippen LogP contribution in [0.25, 0.3) is 11.3 Å².